The number of hydrogen-bond acceptors (Lipinski definition) is 9. The van der Waals surface area contributed by atoms with Gasteiger partial charge in [0.25, 0.3) is 0 Å². The minimum Gasteiger partial charge on any atom is -0.462 e. The molecule has 52 heavy (non-hydrogen) atoms. The Balaban J connectivity index is 4.39. The first kappa shape index (κ1) is 50.2. The lowest BCUT2D eigenvalue weighted by molar-refractivity contribution is -0.161. The quantitative estimate of drug-likeness (QED) is 0.0240. The summed E-state index contributed by atoms with van der Waals surface area (Å²) in [6.07, 6.45) is 36.9. The third kappa shape index (κ3) is 36.5. The molecule has 0 radical (unpaired) electrons. The molecular formula is C41H75O10P. The molecule has 0 aliphatic heterocycles. The van der Waals surface area contributed by atoms with E-state index in [4.69, 9.17) is 19.1 Å². The molecule has 0 aliphatic rings. The van der Waals surface area contributed by atoms with Crippen molar-refractivity contribution < 1.29 is 47.8 Å². The molecule has 304 valence electrons. The van der Waals surface area contributed by atoms with E-state index in [0.717, 1.165) is 57.8 Å². The van der Waals surface area contributed by atoms with Gasteiger partial charge in [-0.2, -0.15) is 0 Å². The number of unbranched alkanes of at least 4 members (excludes halogenated alkanes) is 18. The van der Waals surface area contributed by atoms with Crippen molar-refractivity contribution in [2.24, 2.45) is 0 Å². The molecule has 0 saturated heterocycles. The van der Waals surface area contributed by atoms with Gasteiger partial charge in [-0.15, -0.1) is 0 Å². The molecule has 0 fully saturated rings. The monoisotopic (exact) mass is 759 g/mol. The van der Waals surface area contributed by atoms with Gasteiger partial charge >= 0.3 is 19.8 Å². The van der Waals surface area contributed by atoms with E-state index in [-0.39, 0.29) is 19.4 Å². The van der Waals surface area contributed by atoms with Crippen LogP contribution in [0.15, 0.2) is 36.5 Å². The highest BCUT2D eigenvalue weighted by Gasteiger charge is 2.27. The van der Waals surface area contributed by atoms with E-state index in [0.29, 0.717) is 12.8 Å². The zero-order valence-electron chi connectivity index (χ0n) is 32.8. The summed E-state index contributed by atoms with van der Waals surface area (Å²) in [4.78, 5) is 34.9. The summed E-state index contributed by atoms with van der Waals surface area (Å²) in [5.41, 5.74) is 0. The van der Waals surface area contributed by atoms with Gasteiger partial charge in [0.15, 0.2) is 6.10 Å². The average molecular weight is 759 g/mol. The summed E-state index contributed by atoms with van der Waals surface area (Å²) in [6, 6.07) is 0. The Hall–Kier alpha value is -1.81. The van der Waals surface area contributed by atoms with Crippen LogP contribution in [0.4, 0.5) is 0 Å². The number of aliphatic hydroxyl groups is 2. The maximum atomic E-state index is 12.6. The molecule has 11 heteroatoms. The van der Waals surface area contributed by atoms with Crippen LogP contribution in [-0.4, -0.2) is 65.7 Å². The molecule has 0 spiro atoms. The first-order valence-corrected chi connectivity index (χ1v) is 21.9. The van der Waals surface area contributed by atoms with Crippen LogP contribution >= 0.6 is 7.82 Å². The fourth-order valence-corrected chi connectivity index (χ4v) is 6.11. The van der Waals surface area contributed by atoms with Crippen molar-refractivity contribution >= 4 is 19.8 Å². The number of phosphoric ester groups is 1. The van der Waals surface area contributed by atoms with Crippen LogP contribution in [0.25, 0.3) is 0 Å². The number of ether oxygens (including phenoxy) is 2. The van der Waals surface area contributed by atoms with Gasteiger partial charge in [-0.1, -0.05) is 147 Å². The zero-order valence-corrected chi connectivity index (χ0v) is 33.7. The SMILES string of the molecule is CCCC/C=C/C/C=C/CCCCCCCC(=O)O[C@H](COC(=O)CC/C=C/CCCCCCCCCCCCC)COP(=O)(O)OC[C@@H](O)CO. The first-order valence-electron chi connectivity index (χ1n) is 20.4. The largest absolute Gasteiger partial charge is 0.472 e. The van der Waals surface area contributed by atoms with Crippen LogP contribution in [0.2, 0.25) is 0 Å². The summed E-state index contributed by atoms with van der Waals surface area (Å²) in [5, 5.41) is 18.3. The van der Waals surface area contributed by atoms with Crippen LogP contribution in [0.1, 0.15) is 174 Å². The maximum Gasteiger partial charge on any atom is 0.472 e. The summed E-state index contributed by atoms with van der Waals surface area (Å²) >= 11 is 0. The van der Waals surface area contributed by atoms with Gasteiger partial charge in [0.2, 0.25) is 0 Å². The third-order valence-corrected chi connectivity index (χ3v) is 9.48. The number of carbonyl (C=O) groups is 2. The van der Waals surface area contributed by atoms with Gasteiger partial charge in [0.1, 0.15) is 12.7 Å². The molecule has 0 rings (SSSR count). The van der Waals surface area contributed by atoms with Gasteiger partial charge in [0.05, 0.1) is 19.8 Å². The Morgan fingerprint density at radius 2 is 1.06 bits per heavy atom. The highest BCUT2D eigenvalue weighted by Crippen LogP contribution is 2.43. The fraction of sp³-hybridized carbons (Fsp3) is 0.805. The molecule has 0 bridgehead atoms. The molecule has 0 amide bonds. The molecule has 0 heterocycles. The Morgan fingerprint density at radius 3 is 1.63 bits per heavy atom. The molecule has 3 atom stereocenters. The predicted octanol–water partition coefficient (Wildman–Crippen LogP) is 10.4. The van der Waals surface area contributed by atoms with Crippen molar-refractivity contribution in [2.75, 3.05) is 26.4 Å². The Labute approximate surface area is 316 Å². The van der Waals surface area contributed by atoms with E-state index in [1.807, 2.05) is 6.08 Å². The van der Waals surface area contributed by atoms with Gasteiger partial charge in [-0.3, -0.25) is 18.6 Å². The maximum absolute atomic E-state index is 12.6. The normalized spacial score (nSPS) is 14.3. The van der Waals surface area contributed by atoms with Gasteiger partial charge < -0.3 is 24.6 Å². The highest BCUT2D eigenvalue weighted by atomic mass is 31.2. The number of hydrogen-bond donors (Lipinski definition) is 3. The summed E-state index contributed by atoms with van der Waals surface area (Å²) in [6.45, 7) is 2.27. The third-order valence-electron chi connectivity index (χ3n) is 8.53. The lowest BCUT2D eigenvalue weighted by Crippen LogP contribution is -2.29. The smallest absolute Gasteiger partial charge is 0.462 e. The lowest BCUT2D eigenvalue weighted by Gasteiger charge is -2.20. The first-order chi connectivity index (χ1) is 25.2. The van der Waals surface area contributed by atoms with E-state index in [9.17, 15) is 24.2 Å². The number of allylic oxidation sites excluding steroid dienone is 6. The summed E-state index contributed by atoms with van der Waals surface area (Å²) in [5.74, 6) is -0.998. The van der Waals surface area contributed by atoms with E-state index < -0.39 is 51.8 Å². The molecule has 0 aromatic rings. The second-order valence-electron chi connectivity index (χ2n) is 13.7. The molecule has 1 unspecified atom stereocenters. The van der Waals surface area contributed by atoms with Gasteiger partial charge in [0, 0.05) is 12.8 Å². The zero-order chi connectivity index (χ0) is 38.4. The summed E-state index contributed by atoms with van der Waals surface area (Å²) < 4.78 is 32.6. The molecule has 0 aromatic heterocycles. The summed E-state index contributed by atoms with van der Waals surface area (Å²) in [7, 11) is -4.62. The molecule has 0 aromatic carbocycles. The van der Waals surface area contributed by atoms with E-state index in [1.165, 1.54) is 77.0 Å². The van der Waals surface area contributed by atoms with Crippen LogP contribution in [0.3, 0.4) is 0 Å². The number of carbonyl (C=O) groups excluding carboxylic acids is 2. The second kappa shape index (κ2) is 37.5. The van der Waals surface area contributed by atoms with Crippen molar-refractivity contribution in [1.29, 1.82) is 0 Å². The molecule has 3 N–H and O–H groups in total. The standard InChI is InChI=1S/C41H75O10P/c1-3-5-7-9-11-13-15-17-19-21-22-24-26-28-30-32-40(44)48-36-39(37-50-52(46,47)49-35-38(43)34-42)51-41(45)33-31-29-27-25-23-20-18-16-14-12-10-8-6-4-2/h10,12,16,18,26,28,38-39,42-43H,3-9,11,13-15,17,19-25,27,29-37H2,1-2H3,(H,46,47)/b12-10+,18-16+,28-26+/t38-,39+/m0/s1. The minimum atomic E-state index is -4.62. The molecule has 10 nitrogen and oxygen atoms in total. The minimum absolute atomic E-state index is 0.156. The van der Waals surface area contributed by atoms with Crippen molar-refractivity contribution in [3.8, 4) is 0 Å². The number of esters is 2. The van der Waals surface area contributed by atoms with E-state index in [1.54, 1.807) is 0 Å². The number of phosphoric acid groups is 1. The van der Waals surface area contributed by atoms with Crippen LogP contribution in [0, 0.1) is 0 Å². The van der Waals surface area contributed by atoms with Crippen molar-refractivity contribution in [2.45, 2.75) is 187 Å². The second-order valence-corrected chi connectivity index (χ2v) is 15.1. The average Bonchev–Trinajstić information content (AvgIpc) is 3.13. The van der Waals surface area contributed by atoms with Crippen LogP contribution < -0.4 is 0 Å². The van der Waals surface area contributed by atoms with Gasteiger partial charge in [-0.05, 0) is 51.4 Å². The Bertz CT molecular complexity index is 967. The lowest BCUT2D eigenvalue weighted by atomic mass is 10.1. The fourth-order valence-electron chi connectivity index (χ4n) is 5.32. The molecule has 0 aliphatic carbocycles. The molecule has 0 saturated carbocycles. The van der Waals surface area contributed by atoms with Gasteiger partial charge in [-0.25, -0.2) is 4.57 Å². The van der Waals surface area contributed by atoms with Crippen LogP contribution in [0.5, 0.6) is 0 Å². The Morgan fingerprint density at radius 1 is 0.577 bits per heavy atom. The Kier molecular flexibility index (Phi) is 36.2. The highest BCUT2D eigenvalue weighted by molar-refractivity contribution is 7.47. The number of rotatable bonds is 38. The number of aliphatic hydroxyl groups excluding tert-OH is 2. The van der Waals surface area contributed by atoms with E-state index >= 15 is 0 Å². The predicted molar refractivity (Wildman–Crippen MR) is 210 cm³/mol. The van der Waals surface area contributed by atoms with E-state index in [2.05, 4.69) is 48.8 Å². The topological polar surface area (TPSA) is 149 Å². The van der Waals surface area contributed by atoms with Crippen molar-refractivity contribution in [3.05, 3.63) is 36.5 Å². The van der Waals surface area contributed by atoms with Crippen molar-refractivity contribution in [1.82, 2.24) is 0 Å². The van der Waals surface area contributed by atoms with Crippen molar-refractivity contribution in [3.63, 3.8) is 0 Å². The molecular weight excluding hydrogens is 683 g/mol. The van der Waals surface area contributed by atoms with Crippen LogP contribution in [-0.2, 0) is 32.7 Å².